The zero-order chi connectivity index (χ0) is 15.6. The fraction of sp³-hybridized carbons (Fsp3) is 0.562. The number of hydrogen-bond donors (Lipinski definition) is 1. The van der Waals surface area contributed by atoms with Crippen LogP contribution in [0.25, 0.3) is 0 Å². The molecule has 4 nitrogen and oxygen atoms in total. The number of hydrogen-bond acceptors (Lipinski definition) is 3. The van der Waals surface area contributed by atoms with E-state index in [1.54, 1.807) is 4.90 Å². The second kappa shape index (κ2) is 6.36. The lowest BCUT2D eigenvalue weighted by Gasteiger charge is -2.37. The number of likely N-dealkylation sites (tertiary alicyclic amines) is 1. The molecule has 5 heteroatoms. The highest BCUT2D eigenvalue weighted by Crippen LogP contribution is 2.32. The first-order valence-electron chi connectivity index (χ1n) is 7.26. The lowest BCUT2D eigenvalue weighted by molar-refractivity contribution is 0.0186. The van der Waals surface area contributed by atoms with Crippen molar-refractivity contribution in [3.8, 4) is 0 Å². The Hall–Kier alpha value is -1.07. The monoisotopic (exact) mass is 354 g/mol. The number of amides is 1. The number of ether oxygens (including phenoxy) is 1. The molecule has 2 atom stereocenters. The van der Waals surface area contributed by atoms with Crippen molar-refractivity contribution in [3.63, 3.8) is 0 Å². The Morgan fingerprint density at radius 2 is 2.05 bits per heavy atom. The van der Waals surface area contributed by atoms with Crippen molar-refractivity contribution in [3.05, 3.63) is 34.3 Å². The maximum absolute atomic E-state index is 12.1. The standard InChI is InChI=1S/C16H23BrN2O2/c1-16(2,3)21-15(20)19-9-8-12(14(18)10-19)11-6-4-5-7-13(11)17/h4-7,12,14H,8-10,18H2,1-3H3. The van der Waals surface area contributed by atoms with Gasteiger partial charge in [-0.25, -0.2) is 4.79 Å². The summed E-state index contributed by atoms with van der Waals surface area (Å²) in [7, 11) is 0. The summed E-state index contributed by atoms with van der Waals surface area (Å²) < 4.78 is 6.49. The van der Waals surface area contributed by atoms with E-state index in [0.29, 0.717) is 13.1 Å². The van der Waals surface area contributed by atoms with Crippen LogP contribution in [0.2, 0.25) is 0 Å². The van der Waals surface area contributed by atoms with Crippen LogP contribution in [-0.4, -0.2) is 35.7 Å². The number of nitrogens with zero attached hydrogens (tertiary/aromatic N) is 1. The van der Waals surface area contributed by atoms with Crippen LogP contribution in [-0.2, 0) is 4.74 Å². The molecule has 0 bridgehead atoms. The SMILES string of the molecule is CC(C)(C)OC(=O)N1CCC(c2ccccc2Br)C(N)C1. The number of halogens is 1. The average Bonchev–Trinajstić information content (AvgIpc) is 2.38. The Bertz CT molecular complexity index is 513. The van der Waals surface area contributed by atoms with Gasteiger partial charge in [0.15, 0.2) is 0 Å². The van der Waals surface area contributed by atoms with E-state index in [9.17, 15) is 4.79 Å². The minimum Gasteiger partial charge on any atom is -0.444 e. The first-order chi connectivity index (χ1) is 9.78. The fourth-order valence-corrected chi connectivity index (χ4v) is 3.22. The molecule has 116 valence electrons. The molecule has 1 aliphatic rings. The molecule has 0 aromatic heterocycles. The number of rotatable bonds is 1. The normalized spacial score (nSPS) is 23.0. The van der Waals surface area contributed by atoms with Gasteiger partial charge in [0.1, 0.15) is 5.60 Å². The molecular formula is C16H23BrN2O2. The van der Waals surface area contributed by atoms with E-state index in [4.69, 9.17) is 10.5 Å². The zero-order valence-corrected chi connectivity index (χ0v) is 14.4. The van der Waals surface area contributed by atoms with Gasteiger partial charge in [-0.1, -0.05) is 34.1 Å². The van der Waals surface area contributed by atoms with Crippen molar-refractivity contribution < 1.29 is 9.53 Å². The topological polar surface area (TPSA) is 55.6 Å². The van der Waals surface area contributed by atoms with E-state index in [2.05, 4.69) is 22.0 Å². The summed E-state index contributed by atoms with van der Waals surface area (Å²) in [6.45, 7) is 6.82. The molecule has 1 aliphatic heterocycles. The van der Waals surface area contributed by atoms with Crippen molar-refractivity contribution in [2.24, 2.45) is 5.73 Å². The van der Waals surface area contributed by atoms with Gasteiger partial charge in [-0.15, -0.1) is 0 Å². The molecule has 0 saturated carbocycles. The Morgan fingerprint density at radius 1 is 1.38 bits per heavy atom. The molecule has 2 unspecified atom stereocenters. The third kappa shape index (κ3) is 4.20. The highest BCUT2D eigenvalue weighted by Gasteiger charge is 2.32. The van der Waals surface area contributed by atoms with Gasteiger partial charge in [0.25, 0.3) is 0 Å². The number of benzene rings is 1. The Balaban J connectivity index is 2.03. The second-order valence-electron chi connectivity index (χ2n) is 6.51. The van der Waals surface area contributed by atoms with E-state index in [1.807, 2.05) is 39.0 Å². The largest absolute Gasteiger partial charge is 0.444 e. The van der Waals surface area contributed by atoms with Crippen LogP contribution in [0, 0.1) is 0 Å². The average molecular weight is 355 g/mol. The van der Waals surface area contributed by atoms with Crippen LogP contribution in [0.4, 0.5) is 4.79 Å². The third-order valence-corrected chi connectivity index (χ3v) is 4.34. The van der Waals surface area contributed by atoms with Crippen LogP contribution in [0.5, 0.6) is 0 Å². The molecule has 0 aliphatic carbocycles. The van der Waals surface area contributed by atoms with Gasteiger partial charge in [-0.05, 0) is 38.8 Å². The number of nitrogens with two attached hydrogens (primary N) is 1. The molecule has 1 saturated heterocycles. The van der Waals surface area contributed by atoms with Crippen LogP contribution in [0.3, 0.4) is 0 Å². The molecule has 21 heavy (non-hydrogen) atoms. The Morgan fingerprint density at radius 3 is 2.62 bits per heavy atom. The summed E-state index contributed by atoms with van der Waals surface area (Å²) in [5.41, 5.74) is 7.05. The van der Waals surface area contributed by atoms with Crippen molar-refractivity contribution in [1.29, 1.82) is 0 Å². The lowest BCUT2D eigenvalue weighted by Crippen LogP contribution is -2.50. The molecule has 1 heterocycles. The molecule has 1 amide bonds. The van der Waals surface area contributed by atoms with Crippen molar-refractivity contribution in [1.82, 2.24) is 4.90 Å². The van der Waals surface area contributed by atoms with E-state index < -0.39 is 5.60 Å². The molecule has 1 fully saturated rings. The number of carbonyl (C=O) groups is 1. The molecular weight excluding hydrogens is 332 g/mol. The fourth-order valence-electron chi connectivity index (χ4n) is 2.64. The van der Waals surface area contributed by atoms with Crippen LogP contribution < -0.4 is 5.73 Å². The zero-order valence-electron chi connectivity index (χ0n) is 12.8. The minimum atomic E-state index is -0.472. The van der Waals surface area contributed by atoms with Gasteiger partial charge < -0.3 is 15.4 Å². The van der Waals surface area contributed by atoms with Gasteiger partial charge in [-0.3, -0.25) is 0 Å². The maximum Gasteiger partial charge on any atom is 0.410 e. The highest BCUT2D eigenvalue weighted by atomic mass is 79.9. The van der Waals surface area contributed by atoms with Gasteiger partial charge in [0.2, 0.25) is 0 Å². The van der Waals surface area contributed by atoms with E-state index in [-0.39, 0.29) is 18.1 Å². The predicted octanol–water partition coefficient (Wildman–Crippen LogP) is 3.50. The van der Waals surface area contributed by atoms with Crippen LogP contribution in [0.15, 0.2) is 28.7 Å². The van der Waals surface area contributed by atoms with E-state index >= 15 is 0 Å². The summed E-state index contributed by atoms with van der Waals surface area (Å²) in [5, 5.41) is 0. The minimum absolute atomic E-state index is 0.0787. The second-order valence-corrected chi connectivity index (χ2v) is 7.36. The molecule has 1 aromatic rings. The first-order valence-corrected chi connectivity index (χ1v) is 8.05. The van der Waals surface area contributed by atoms with Gasteiger partial charge in [-0.2, -0.15) is 0 Å². The van der Waals surface area contributed by atoms with Gasteiger partial charge in [0.05, 0.1) is 0 Å². The summed E-state index contributed by atoms with van der Waals surface area (Å²) in [6.07, 6.45) is 0.576. The summed E-state index contributed by atoms with van der Waals surface area (Å²) in [5.74, 6) is 0.263. The predicted molar refractivity (Wildman–Crippen MR) is 87.3 cm³/mol. The van der Waals surface area contributed by atoms with Crippen molar-refractivity contribution >= 4 is 22.0 Å². The Labute approximate surface area is 134 Å². The summed E-state index contributed by atoms with van der Waals surface area (Å²) in [6, 6.07) is 8.06. The quantitative estimate of drug-likeness (QED) is 0.839. The van der Waals surface area contributed by atoms with Crippen molar-refractivity contribution in [2.75, 3.05) is 13.1 Å². The first kappa shape index (κ1) is 16.3. The molecule has 2 rings (SSSR count). The third-order valence-electron chi connectivity index (χ3n) is 3.61. The highest BCUT2D eigenvalue weighted by molar-refractivity contribution is 9.10. The number of piperidine rings is 1. The summed E-state index contributed by atoms with van der Waals surface area (Å²) in [4.78, 5) is 13.8. The lowest BCUT2D eigenvalue weighted by atomic mass is 9.86. The van der Waals surface area contributed by atoms with Crippen LogP contribution in [0.1, 0.15) is 38.7 Å². The summed E-state index contributed by atoms with van der Waals surface area (Å²) >= 11 is 3.58. The van der Waals surface area contributed by atoms with Gasteiger partial charge >= 0.3 is 6.09 Å². The van der Waals surface area contributed by atoms with E-state index in [0.717, 1.165) is 10.9 Å². The molecule has 0 spiro atoms. The molecule has 2 N–H and O–H groups in total. The molecule has 1 aromatic carbocycles. The molecule has 0 radical (unpaired) electrons. The number of carbonyl (C=O) groups excluding carboxylic acids is 1. The van der Waals surface area contributed by atoms with E-state index in [1.165, 1.54) is 5.56 Å². The van der Waals surface area contributed by atoms with Crippen molar-refractivity contribution in [2.45, 2.75) is 44.8 Å². The maximum atomic E-state index is 12.1. The van der Waals surface area contributed by atoms with Crippen LogP contribution >= 0.6 is 15.9 Å². The smallest absolute Gasteiger partial charge is 0.410 e. The Kier molecular flexibility index (Phi) is 4.94. The van der Waals surface area contributed by atoms with Gasteiger partial charge in [0, 0.05) is 29.5 Å².